The first-order valence-electron chi connectivity index (χ1n) is 6.46. The zero-order valence-corrected chi connectivity index (χ0v) is 13.0. The van der Waals surface area contributed by atoms with Gasteiger partial charge in [0.1, 0.15) is 6.54 Å². The van der Waals surface area contributed by atoms with Crippen LogP contribution in [0.5, 0.6) is 0 Å². The number of rotatable bonds is 4. The van der Waals surface area contributed by atoms with Gasteiger partial charge in [0.15, 0.2) is 0 Å². The maximum absolute atomic E-state index is 11.9. The molecule has 2 aliphatic rings. The molecule has 0 aliphatic carbocycles. The molecule has 2 heterocycles. The summed E-state index contributed by atoms with van der Waals surface area (Å²) in [5, 5.41) is 2.82. The normalized spacial score (nSPS) is 24.9. The summed E-state index contributed by atoms with van der Waals surface area (Å²) >= 11 is 1.49. The molecule has 0 bridgehead atoms. The number of piperidine rings is 1. The number of carbonyl (C=O) groups excluding carboxylic acids is 2. The van der Waals surface area contributed by atoms with Crippen LogP contribution >= 0.6 is 11.8 Å². The SMILES string of the molecule is CS(=O)(=O)N1CCCC(NC(=O)CN2CSCC2=O)C1. The Balaban J connectivity index is 1.83. The highest BCUT2D eigenvalue weighted by Gasteiger charge is 2.28. The summed E-state index contributed by atoms with van der Waals surface area (Å²) in [7, 11) is -3.21. The van der Waals surface area contributed by atoms with Gasteiger partial charge in [0.05, 0.1) is 17.9 Å². The smallest absolute Gasteiger partial charge is 0.239 e. The standard InChI is InChI=1S/C11H19N3O4S2/c1-20(17,18)14-4-2-3-9(5-14)12-10(15)6-13-8-19-7-11(13)16/h9H,2-8H2,1H3,(H,12,15). The van der Waals surface area contributed by atoms with E-state index in [1.165, 1.54) is 27.2 Å². The summed E-state index contributed by atoms with van der Waals surface area (Å²) in [5.74, 6) is 0.734. The molecular weight excluding hydrogens is 302 g/mol. The molecule has 0 radical (unpaired) electrons. The zero-order valence-electron chi connectivity index (χ0n) is 11.4. The fourth-order valence-electron chi connectivity index (χ4n) is 2.35. The molecule has 0 spiro atoms. The number of sulfonamides is 1. The minimum Gasteiger partial charge on any atom is -0.351 e. The molecule has 0 aromatic carbocycles. The van der Waals surface area contributed by atoms with Gasteiger partial charge in [-0.2, -0.15) is 0 Å². The number of nitrogens with zero attached hydrogens (tertiary/aromatic N) is 2. The third kappa shape index (κ3) is 4.10. The second kappa shape index (κ2) is 6.31. The fraction of sp³-hybridized carbons (Fsp3) is 0.818. The third-order valence-corrected chi connectivity index (χ3v) is 5.59. The molecule has 1 unspecified atom stereocenters. The molecule has 9 heteroatoms. The highest BCUT2D eigenvalue weighted by atomic mass is 32.2. The van der Waals surface area contributed by atoms with Crippen molar-refractivity contribution in [2.45, 2.75) is 18.9 Å². The maximum atomic E-state index is 11.9. The summed E-state index contributed by atoms with van der Waals surface area (Å²) in [4.78, 5) is 24.8. The first-order valence-corrected chi connectivity index (χ1v) is 9.46. The van der Waals surface area contributed by atoms with Crippen LogP contribution < -0.4 is 5.32 Å². The third-order valence-electron chi connectivity index (χ3n) is 3.38. The van der Waals surface area contributed by atoms with Crippen LogP contribution in [-0.4, -0.2) is 73.0 Å². The van der Waals surface area contributed by atoms with Gasteiger partial charge in [-0.1, -0.05) is 0 Å². The van der Waals surface area contributed by atoms with Crippen LogP contribution in [-0.2, 0) is 19.6 Å². The van der Waals surface area contributed by atoms with Crippen molar-refractivity contribution in [2.24, 2.45) is 0 Å². The van der Waals surface area contributed by atoms with Gasteiger partial charge < -0.3 is 10.2 Å². The zero-order chi connectivity index (χ0) is 14.8. The van der Waals surface area contributed by atoms with Crippen molar-refractivity contribution in [3.63, 3.8) is 0 Å². The van der Waals surface area contributed by atoms with Crippen molar-refractivity contribution < 1.29 is 18.0 Å². The molecule has 0 saturated carbocycles. The van der Waals surface area contributed by atoms with E-state index in [9.17, 15) is 18.0 Å². The molecule has 2 amide bonds. The van der Waals surface area contributed by atoms with E-state index >= 15 is 0 Å². The van der Waals surface area contributed by atoms with Gasteiger partial charge in [-0.15, -0.1) is 11.8 Å². The Morgan fingerprint density at radius 3 is 2.85 bits per heavy atom. The molecule has 1 atom stereocenters. The van der Waals surface area contributed by atoms with E-state index in [-0.39, 0.29) is 24.4 Å². The Hall–Kier alpha value is -0.800. The predicted molar refractivity (Wildman–Crippen MR) is 76.6 cm³/mol. The van der Waals surface area contributed by atoms with Crippen molar-refractivity contribution >= 4 is 33.6 Å². The maximum Gasteiger partial charge on any atom is 0.239 e. The van der Waals surface area contributed by atoms with Crippen molar-refractivity contribution in [2.75, 3.05) is 37.5 Å². The first-order chi connectivity index (χ1) is 9.36. The summed E-state index contributed by atoms with van der Waals surface area (Å²) < 4.78 is 24.4. The Kier molecular flexibility index (Phi) is 4.92. The van der Waals surface area contributed by atoms with Crippen molar-refractivity contribution in [1.29, 1.82) is 0 Å². The average molecular weight is 321 g/mol. The van der Waals surface area contributed by atoms with Crippen molar-refractivity contribution in [3.8, 4) is 0 Å². The number of nitrogens with one attached hydrogen (secondary N) is 1. The van der Waals surface area contributed by atoms with Gasteiger partial charge in [-0.3, -0.25) is 9.59 Å². The summed E-state index contributed by atoms with van der Waals surface area (Å²) in [5.41, 5.74) is 0. The number of hydrogen-bond acceptors (Lipinski definition) is 5. The largest absolute Gasteiger partial charge is 0.351 e. The topological polar surface area (TPSA) is 86.8 Å². The van der Waals surface area contributed by atoms with Gasteiger partial charge in [-0.05, 0) is 12.8 Å². The molecule has 20 heavy (non-hydrogen) atoms. The quantitative estimate of drug-likeness (QED) is 0.722. The van der Waals surface area contributed by atoms with E-state index in [0.29, 0.717) is 24.7 Å². The average Bonchev–Trinajstić information content (AvgIpc) is 2.74. The molecule has 114 valence electrons. The molecule has 0 aromatic heterocycles. The van der Waals surface area contributed by atoms with E-state index in [1.54, 1.807) is 0 Å². The Labute approximate surface area is 123 Å². The number of amides is 2. The molecule has 2 fully saturated rings. The van der Waals surface area contributed by atoms with Gasteiger partial charge in [0.25, 0.3) is 0 Å². The summed E-state index contributed by atoms with van der Waals surface area (Å²) in [6.45, 7) is 0.876. The van der Waals surface area contributed by atoms with E-state index in [2.05, 4.69) is 5.32 Å². The van der Waals surface area contributed by atoms with Crippen LogP contribution in [0.2, 0.25) is 0 Å². The molecule has 0 aromatic rings. The lowest BCUT2D eigenvalue weighted by Crippen LogP contribution is -2.51. The molecule has 2 rings (SSSR count). The van der Waals surface area contributed by atoms with E-state index in [4.69, 9.17) is 0 Å². The van der Waals surface area contributed by atoms with Crippen LogP contribution in [0.3, 0.4) is 0 Å². The minimum atomic E-state index is -3.21. The van der Waals surface area contributed by atoms with Gasteiger partial charge in [0.2, 0.25) is 21.8 Å². The van der Waals surface area contributed by atoms with Gasteiger partial charge >= 0.3 is 0 Å². The second-order valence-corrected chi connectivity index (χ2v) is 8.03. The lowest BCUT2D eigenvalue weighted by Gasteiger charge is -2.31. The number of carbonyl (C=O) groups is 2. The summed E-state index contributed by atoms with van der Waals surface area (Å²) in [6.07, 6.45) is 2.67. The highest BCUT2D eigenvalue weighted by molar-refractivity contribution is 8.00. The van der Waals surface area contributed by atoms with E-state index in [1.807, 2.05) is 0 Å². The van der Waals surface area contributed by atoms with Crippen LogP contribution in [0.4, 0.5) is 0 Å². The lowest BCUT2D eigenvalue weighted by molar-refractivity contribution is -0.132. The number of hydrogen-bond donors (Lipinski definition) is 1. The molecule has 7 nitrogen and oxygen atoms in total. The molecule has 2 saturated heterocycles. The van der Waals surface area contributed by atoms with Crippen LogP contribution in [0, 0.1) is 0 Å². The van der Waals surface area contributed by atoms with Gasteiger partial charge in [-0.25, -0.2) is 12.7 Å². The lowest BCUT2D eigenvalue weighted by atomic mass is 10.1. The molecule has 2 aliphatic heterocycles. The first kappa shape index (κ1) is 15.6. The van der Waals surface area contributed by atoms with Crippen LogP contribution in [0.25, 0.3) is 0 Å². The Bertz CT molecular complexity index is 494. The monoisotopic (exact) mass is 321 g/mol. The second-order valence-electron chi connectivity index (χ2n) is 5.10. The van der Waals surface area contributed by atoms with Crippen molar-refractivity contribution in [1.82, 2.24) is 14.5 Å². The molecular formula is C11H19N3O4S2. The van der Waals surface area contributed by atoms with E-state index < -0.39 is 10.0 Å². The minimum absolute atomic E-state index is 0.0217. The Morgan fingerprint density at radius 1 is 1.50 bits per heavy atom. The van der Waals surface area contributed by atoms with Gasteiger partial charge in [0, 0.05) is 19.1 Å². The predicted octanol–water partition coefficient (Wildman–Crippen LogP) is -0.940. The van der Waals surface area contributed by atoms with Crippen molar-refractivity contribution in [3.05, 3.63) is 0 Å². The van der Waals surface area contributed by atoms with E-state index in [0.717, 1.165) is 12.8 Å². The Morgan fingerprint density at radius 2 is 2.25 bits per heavy atom. The fourth-order valence-corrected chi connectivity index (χ4v) is 4.16. The highest BCUT2D eigenvalue weighted by Crippen LogP contribution is 2.15. The number of thioether (sulfide) groups is 1. The molecule has 1 N–H and O–H groups in total. The summed E-state index contributed by atoms with van der Waals surface area (Å²) in [6, 6.07) is -0.170. The van der Waals surface area contributed by atoms with Crippen LogP contribution in [0.15, 0.2) is 0 Å². The van der Waals surface area contributed by atoms with Crippen LogP contribution in [0.1, 0.15) is 12.8 Å².